The number of nitrogens with one attached hydrogen (secondary N) is 1. The van der Waals surface area contributed by atoms with Gasteiger partial charge in [-0.05, 0) is 19.1 Å². The Morgan fingerprint density at radius 1 is 1.50 bits per heavy atom. The number of benzene rings is 1. The fourth-order valence-electron chi connectivity index (χ4n) is 1.06. The van der Waals surface area contributed by atoms with Crippen molar-refractivity contribution in [3.05, 3.63) is 34.4 Å². The average Bonchev–Trinajstić information content (AvgIpc) is 2.23. The van der Waals surface area contributed by atoms with Crippen LogP contribution in [0.5, 0.6) is 0 Å². The van der Waals surface area contributed by atoms with Crippen LogP contribution in [0.1, 0.15) is 17.3 Å². The van der Waals surface area contributed by atoms with Gasteiger partial charge in [-0.25, -0.2) is 8.78 Å². The zero-order valence-corrected chi connectivity index (χ0v) is 9.31. The Hall–Kier alpha value is -1.20. The predicted octanol–water partition coefficient (Wildman–Crippen LogP) is 1.70. The molecule has 0 fully saturated rings. The number of nitrogens with two attached hydrogens (primary N) is 1. The quantitative estimate of drug-likeness (QED) is 0.800. The zero-order chi connectivity index (χ0) is 12.3. The minimum absolute atomic E-state index is 0.212. The van der Waals surface area contributed by atoms with E-state index in [2.05, 4.69) is 5.32 Å². The Balaban J connectivity index is 2.96. The Morgan fingerprint density at radius 3 is 2.69 bits per heavy atom. The van der Waals surface area contributed by atoms with Gasteiger partial charge in [0, 0.05) is 12.6 Å². The largest absolute Gasteiger partial charge is 0.348 e. The first-order valence-corrected chi connectivity index (χ1v) is 4.99. The molecule has 1 rings (SSSR count). The van der Waals surface area contributed by atoms with Crippen LogP contribution in [0.15, 0.2) is 12.1 Å². The summed E-state index contributed by atoms with van der Waals surface area (Å²) in [6.07, 6.45) is 0. The Labute approximate surface area is 96.6 Å². The van der Waals surface area contributed by atoms with Crippen molar-refractivity contribution in [1.29, 1.82) is 0 Å². The standard InChI is InChI=1S/C10H11ClF2N2O/c1-5(4-14)15-10(16)6-2-9(13)7(11)3-8(6)12/h2-3,5H,4,14H2,1H3,(H,15,16)/t5-/m1/s1. The van der Waals surface area contributed by atoms with Crippen LogP contribution in [0.3, 0.4) is 0 Å². The third-order valence-electron chi connectivity index (χ3n) is 1.99. The van der Waals surface area contributed by atoms with Crippen molar-refractivity contribution in [2.75, 3.05) is 6.54 Å². The molecule has 0 spiro atoms. The number of halogens is 3. The highest BCUT2D eigenvalue weighted by Crippen LogP contribution is 2.19. The monoisotopic (exact) mass is 248 g/mol. The van der Waals surface area contributed by atoms with Crippen molar-refractivity contribution in [3.63, 3.8) is 0 Å². The SMILES string of the molecule is C[C@H](CN)NC(=O)c1cc(F)c(Cl)cc1F. The van der Waals surface area contributed by atoms with E-state index in [1.807, 2.05) is 0 Å². The van der Waals surface area contributed by atoms with E-state index in [1.54, 1.807) is 6.92 Å². The summed E-state index contributed by atoms with van der Waals surface area (Å²) in [6, 6.07) is 1.21. The number of hydrogen-bond donors (Lipinski definition) is 2. The normalized spacial score (nSPS) is 12.3. The summed E-state index contributed by atoms with van der Waals surface area (Å²) >= 11 is 5.36. The third kappa shape index (κ3) is 2.90. The highest BCUT2D eigenvalue weighted by molar-refractivity contribution is 6.30. The molecule has 88 valence electrons. The molecule has 1 atom stereocenters. The van der Waals surface area contributed by atoms with Crippen LogP contribution in [0.25, 0.3) is 0 Å². The maximum absolute atomic E-state index is 13.3. The second kappa shape index (κ2) is 5.23. The van der Waals surface area contributed by atoms with Gasteiger partial charge in [-0.3, -0.25) is 4.79 Å². The Morgan fingerprint density at radius 2 is 2.12 bits per heavy atom. The molecule has 0 aliphatic heterocycles. The summed E-state index contributed by atoms with van der Waals surface area (Å²) in [5, 5.41) is 2.06. The molecule has 0 aliphatic carbocycles. The van der Waals surface area contributed by atoms with Crippen LogP contribution in [-0.2, 0) is 0 Å². The van der Waals surface area contributed by atoms with Gasteiger partial charge < -0.3 is 11.1 Å². The van der Waals surface area contributed by atoms with Crippen LogP contribution in [0, 0.1) is 11.6 Å². The lowest BCUT2D eigenvalue weighted by atomic mass is 10.2. The van der Waals surface area contributed by atoms with Crippen LogP contribution >= 0.6 is 11.6 Å². The van der Waals surface area contributed by atoms with Gasteiger partial charge in [0.2, 0.25) is 0 Å². The number of carbonyl (C=O) groups is 1. The maximum Gasteiger partial charge on any atom is 0.254 e. The van der Waals surface area contributed by atoms with Crippen LogP contribution in [0.2, 0.25) is 5.02 Å². The molecule has 0 unspecified atom stereocenters. The molecule has 0 aliphatic rings. The molecule has 6 heteroatoms. The van der Waals surface area contributed by atoms with Crippen molar-refractivity contribution < 1.29 is 13.6 Å². The van der Waals surface area contributed by atoms with Crippen molar-refractivity contribution >= 4 is 17.5 Å². The highest BCUT2D eigenvalue weighted by Gasteiger charge is 2.16. The summed E-state index contributed by atoms with van der Waals surface area (Å²) in [5.74, 6) is -2.42. The molecule has 16 heavy (non-hydrogen) atoms. The molecule has 0 radical (unpaired) electrons. The van der Waals surface area contributed by atoms with E-state index < -0.39 is 17.5 Å². The Kier molecular flexibility index (Phi) is 4.20. The first-order chi connectivity index (χ1) is 7.45. The first-order valence-electron chi connectivity index (χ1n) is 4.61. The van der Waals surface area contributed by atoms with Gasteiger partial charge in [0.05, 0.1) is 10.6 Å². The van der Waals surface area contributed by atoms with Crippen LogP contribution in [-0.4, -0.2) is 18.5 Å². The summed E-state index contributed by atoms with van der Waals surface area (Å²) < 4.78 is 26.3. The van der Waals surface area contributed by atoms with E-state index in [4.69, 9.17) is 17.3 Å². The molecule has 0 bridgehead atoms. The van der Waals surface area contributed by atoms with Crippen LogP contribution < -0.4 is 11.1 Å². The Bertz CT molecular complexity index is 412. The minimum Gasteiger partial charge on any atom is -0.348 e. The zero-order valence-electron chi connectivity index (χ0n) is 8.56. The summed E-state index contributed by atoms with van der Waals surface area (Å²) in [5.41, 5.74) is 4.90. The third-order valence-corrected chi connectivity index (χ3v) is 2.28. The lowest BCUT2D eigenvalue weighted by Gasteiger charge is -2.11. The number of amides is 1. The van der Waals surface area contributed by atoms with Crippen molar-refractivity contribution in [2.45, 2.75) is 13.0 Å². The molecule has 0 aromatic heterocycles. The molecule has 3 nitrogen and oxygen atoms in total. The van der Waals surface area contributed by atoms with Crippen molar-refractivity contribution in [2.24, 2.45) is 5.73 Å². The van der Waals surface area contributed by atoms with Gasteiger partial charge in [0.25, 0.3) is 5.91 Å². The first kappa shape index (κ1) is 12.9. The summed E-state index contributed by atoms with van der Waals surface area (Å²) in [4.78, 5) is 11.5. The van der Waals surface area contributed by atoms with E-state index in [9.17, 15) is 13.6 Å². The summed E-state index contributed by atoms with van der Waals surface area (Å²) in [7, 11) is 0. The minimum atomic E-state index is -0.867. The smallest absolute Gasteiger partial charge is 0.254 e. The molecule has 1 aromatic carbocycles. The van der Waals surface area contributed by atoms with Gasteiger partial charge in [-0.1, -0.05) is 11.6 Å². The summed E-state index contributed by atoms with van der Waals surface area (Å²) in [6.45, 7) is 1.87. The molecule has 0 heterocycles. The number of rotatable bonds is 3. The number of carbonyl (C=O) groups excluding carboxylic acids is 1. The van der Waals surface area contributed by atoms with E-state index in [0.29, 0.717) is 0 Å². The second-order valence-electron chi connectivity index (χ2n) is 3.36. The molecule has 1 amide bonds. The number of hydrogen-bond acceptors (Lipinski definition) is 2. The van der Waals surface area contributed by atoms with Crippen molar-refractivity contribution in [3.8, 4) is 0 Å². The van der Waals surface area contributed by atoms with Gasteiger partial charge >= 0.3 is 0 Å². The topological polar surface area (TPSA) is 55.1 Å². The maximum atomic E-state index is 13.3. The fraction of sp³-hybridized carbons (Fsp3) is 0.300. The molecular formula is C10H11ClF2N2O. The lowest BCUT2D eigenvalue weighted by Crippen LogP contribution is -2.38. The molecule has 0 saturated heterocycles. The highest BCUT2D eigenvalue weighted by atomic mass is 35.5. The van der Waals surface area contributed by atoms with E-state index in [-0.39, 0.29) is 23.2 Å². The van der Waals surface area contributed by atoms with E-state index in [0.717, 1.165) is 12.1 Å². The van der Waals surface area contributed by atoms with E-state index in [1.165, 1.54) is 0 Å². The lowest BCUT2D eigenvalue weighted by molar-refractivity contribution is 0.0936. The van der Waals surface area contributed by atoms with Gasteiger partial charge in [-0.15, -0.1) is 0 Å². The average molecular weight is 249 g/mol. The molecule has 3 N–H and O–H groups in total. The van der Waals surface area contributed by atoms with Crippen molar-refractivity contribution in [1.82, 2.24) is 5.32 Å². The van der Waals surface area contributed by atoms with Crippen LogP contribution in [0.4, 0.5) is 8.78 Å². The van der Waals surface area contributed by atoms with Gasteiger partial charge in [0.1, 0.15) is 11.6 Å². The van der Waals surface area contributed by atoms with E-state index >= 15 is 0 Å². The second-order valence-corrected chi connectivity index (χ2v) is 3.76. The molecular weight excluding hydrogens is 238 g/mol. The fourth-order valence-corrected chi connectivity index (χ4v) is 1.21. The van der Waals surface area contributed by atoms with Gasteiger partial charge in [-0.2, -0.15) is 0 Å². The van der Waals surface area contributed by atoms with Gasteiger partial charge in [0.15, 0.2) is 0 Å². The molecule has 1 aromatic rings. The predicted molar refractivity (Wildman–Crippen MR) is 57.4 cm³/mol. The molecule has 0 saturated carbocycles.